The number of hydrogen-bond acceptors (Lipinski definition) is 4. The number of hydrogen-bond donors (Lipinski definition) is 2. The van der Waals surface area contributed by atoms with Crippen LogP contribution in [-0.2, 0) is 0 Å². The van der Waals surface area contributed by atoms with E-state index in [-0.39, 0.29) is 11.9 Å². The third-order valence-corrected chi connectivity index (χ3v) is 6.75. The van der Waals surface area contributed by atoms with Gasteiger partial charge in [-0.1, -0.05) is 43.1 Å². The summed E-state index contributed by atoms with van der Waals surface area (Å²) in [5, 5.41) is 14.0. The van der Waals surface area contributed by atoms with E-state index in [2.05, 4.69) is 29.0 Å². The minimum absolute atomic E-state index is 0.252. The van der Waals surface area contributed by atoms with Crippen molar-refractivity contribution in [2.75, 3.05) is 18.0 Å². The van der Waals surface area contributed by atoms with Crippen LogP contribution in [0.5, 0.6) is 0 Å². The zero-order valence-corrected chi connectivity index (χ0v) is 20.7. The molecular formula is C22H26Cl2IN3O2. The molecule has 1 aromatic carbocycles. The van der Waals surface area contributed by atoms with Crippen molar-refractivity contribution >= 4 is 57.5 Å². The highest BCUT2D eigenvalue weighted by Gasteiger charge is 2.24. The molecule has 30 heavy (non-hydrogen) atoms. The van der Waals surface area contributed by atoms with Crippen molar-refractivity contribution in [1.29, 1.82) is 0 Å². The van der Waals surface area contributed by atoms with E-state index in [1.165, 1.54) is 0 Å². The Bertz CT molecular complexity index is 902. The van der Waals surface area contributed by atoms with Crippen molar-refractivity contribution in [2.24, 2.45) is 5.92 Å². The van der Waals surface area contributed by atoms with Crippen molar-refractivity contribution in [3.8, 4) is 11.1 Å². The van der Waals surface area contributed by atoms with Gasteiger partial charge >= 0.3 is 0 Å². The van der Waals surface area contributed by atoms with Crippen molar-refractivity contribution in [2.45, 2.75) is 43.3 Å². The van der Waals surface area contributed by atoms with Gasteiger partial charge in [0.25, 0.3) is 5.91 Å². The van der Waals surface area contributed by atoms with Gasteiger partial charge in [0.15, 0.2) is 0 Å². The predicted octanol–water partition coefficient (Wildman–Crippen LogP) is 5.55. The highest BCUT2D eigenvalue weighted by Crippen LogP contribution is 2.35. The lowest BCUT2D eigenvalue weighted by Gasteiger charge is -2.23. The SMILES string of the molecule is CC(C)C[C@@H](NC(=O)c1cnc(N2CCCC2)c(-c2ccc(Cl)c(Cl)c2)c1)C(O)I. The first kappa shape index (κ1) is 23.6. The molecule has 2 heterocycles. The molecule has 0 bridgehead atoms. The van der Waals surface area contributed by atoms with Gasteiger partial charge in [0, 0.05) is 24.8 Å². The molecule has 2 aromatic rings. The number of carbonyl (C=O) groups is 1. The number of halogens is 3. The number of aliphatic hydroxyl groups is 1. The topological polar surface area (TPSA) is 65.5 Å². The number of aliphatic hydroxyl groups excluding tert-OH is 1. The molecule has 5 nitrogen and oxygen atoms in total. The number of amides is 1. The van der Waals surface area contributed by atoms with Gasteiger partial charge in [-0.2, -0.15) is 0 Å². The number of anilines is 1. The van der Waals surface area contributed by atoms with Crippen LogP contribution in [-0.4, -0.2) is 39.2 Å². The Kier molecular flexibility index (Phi) is 8.24. The van der Waals surface area contributed by atoms with Gasteiger partial charge in [-0.3, -0.25) is 4.79 Å². The zero-order chi connectivity index (χ0) is 21.8. The average molecular weight is 562 g/mol. The standard InChI is InChI=1S/C22H26Cl2IN3O2/c1-13(2)9-19(20(25)29)27-22(30)15-10-16(14-5-6-17(23)18(24)11-14)21(26-12-15)28-7-3-4-8-28/h5-6,10-13,19-20,29H,3-4,7-9H2,1-2H3,(H,27,30)/t19-,20?/m1/s1. The maximum atomic E-state index is 13.0. The van der Waals surface area contributed by atoms with E-state index in [1.54, 1.807) is 18.3 Å². The molecule has 0 aliphatic carbocycles. The molecule has 2 N–H and O–H groups in total. The highest BCUT2D eigenvalue weighted by atomic mass is 127. The molecule has 2 atom stereocenters. The van der Waals surface area contributed by atoms with E-state index >= 15 is 0 Å². The van der Waals surface area contributed by atoms with Crippen LogP contribution in [0.25, 0.3) is 11.1 Å². The fourth-order valence-electron chi connectivity index (χ4n) is 3.64. The third kappa shape index (κ3) is 5.78. The molecule has 1 saturated heterocycles. The minimum atomic E-state index is -0.666. The fourth-order valence-corrected chi connectivity index (χ4v) is 4.41. The number of benzene rings is 1. The Hall–Kier alpha value is -1.09. The van der Waals surface area contributed by atoms with Crippen LogP contribution in [0.4, 0.5) is 5.82 Å². The van der Waals surface area contributed by atoms with Crippen LogP contribution in [0, 0.1) is 5.92 Å². The van der Waals surface area contributed by atoms with E-state index < -0.39 is 4.11 Å². The van der Waals surface area contributed by atoms with Gasteiger partial charge in [0.05, 0.1) is 21.7 Å². The lowest BCUT2D eigenvalue weighted by atomic mass is 10.0. The molecule has 0 radical (unpaired) electrons. The lowest BCUT2D eigenvalue weighted by molar-refractivity contribution is 0.0901. The van der Waals surface area contributed by atoms with E-state index in [0.717, 1.165) is 42.9 Å². The van der Waals surface area contributed by atoms with Crippen molar-refractivity contribution in [3.63, 3.8) is 0 Å². The highest BCUT2D eigenvalue weighted by molar-refractivity contribution is 14.1. The summed E-state index contributed by atoms with van der Waals surface area (Å²) in [6, 6.07) is 6.97. The summed E-state index contributed by atoms with van der Waals surface area (Å²) in [7, 11) is 0. The monoisotopic (exact) mass is 561 g/mol. The first-order valence-corrected chi connectivity index (χ1v) is 12.1. The minimum Gasteiger partial charge on any atom is -0.381 e. The lowest BCUT2D eigenvalue weighted by Crippen LogP contribution is -2.41. The quantitative estimate of drug-likeness (QED) is 0.343. The summed E-state index contributed by atoms with van der Waals surface area (Å²) in [5.41, 5.74) is 2.16. The first-order valence-electron chi connectivity index (χ1n) is 10.1. The molecular weight excluding hydrogens is 536 g/mol. The maximum Gasteiger partial charge on any atom is 0.253 e. The van der Waals surface area contributed by atoms with Gasteiger partial charge in [-0.05, 0) is 71.5 Å². The van der Waals surface area contributed by atoms with E-state index in [1.807, 2.05) is 34.7 Å². The van der Waals surface area contributed by atoms with Crippen LogP contribution >= 0.6 is 45.8 Å². The number of pyridine rings is 1. The van der Waals surface area contributed by atoms with Crippen LogP contribution in [0.1, 0.15) is 43.5 Å². The summed E-state index contributed by atoms with van der Waals surface area (Å²) in [4.78, 5) is 19.8. The van der Waals surface area contributed by atoms with Gasteiger partial charge < -0.3 is 15.3 Å². The smallest absolute Gasteiger partial charge is 0.253 e. The van der Waals surface area contributed by atoms with Crippen molar-refractivity contribution in [1.82, 2.24) is 10.3 Å². The normalized spacial score (nSPS) is 16.0. The summed E-state index contributed by atoms with van der Waals surface area (Å²) >= 11 is 14.3. The average Bonchev–Trinajstić information content (AvgIpc) is 3.23. The Labute approximate surface area is 201 Å². The van der Waals surface area contributed by atoms with Gasteiger partial charge in [-0.15, -0.1) is 0 Å². The molecule has 0 spiro atoms. The van der Waals surface area contributed by atoms with E-state index in [0.29, 0.717) is 27.9 Å². The van der Waals surface area contributed by atoms with Crippen LogP contribution in [0.3, 0.4) is 0 Å². The summed E-state index contributed by atoms with van der Waals surface area (Å²) in [5.74, 6) is 0.940. The zero-order valence-electron chi connectivity index (χ0n) is 17.0. The molecule has 1 fully saturated rings. The second-order valence-corrected chi connectivity index (χ2v) is 10.1. The number of nitrogens with zero attached hydrogens (tertiary/aromatic N) is 2. The largest absolute Gasteiger partial charge is 0.381 e. The van der Waals surface area contributed by atoms with E-state index in [9.17, 15) is 9.90 Å². The van der Waals surface area contributed by atoms with Gasteiger partial charge in [0.1, 0.15) is 9.93 Å². The van der Waals surface area contributed by atoms with Gasteiger partial charge in [0.2, 0.25) is 0 Å². The van der Waals surface area contributed by atoms with Crippen molar-refractivity contribution in [3.05, 3.63) is 46.1 Å². The molecule has 1 amide bonds. The molecule has 162 valence electrons. The number of alkyl halides is 1. The van der Waals surface area contributed by atoms with Gasteiger partial charge in [-0.25, -0.2) is 4.98 Å². The molecule has 1 aromatic heterocycles. The maximum absolute atomic E-state index is 13.0. The number of rotatable bonds is 7. The third-order valence-electron chi connectivity index (χ3n) is 5.14. The molecule has 8 heteroatoms. The Morgan fingerprint density at radius 1 is 1.23 bits per heavy atom. The summed E-state index contributed by atoms with van der Waals surface area (Å²) in [6.07, 6.45) is 4.54. The second-order valence-electron chi connectivity index (χ2n) is 8.00. The Morgan fingerprint density at radius 2 is 1.93 bits per heavy atom. The predicted molar refractivity (Wildman–Crippen MR) is 132 cm³/mol. The Morgan fingerprint density at radius 3 is 2.53 bits per heavy atom. The van der Waals surface area contributed by atoms with Crippen LogP contribution in [0.2, 0.25) is 10.0 Å². The van der Waals surface area contributed by atoms with E-state index in [4.69, 9.17) is 23.2 Å². The van der Waals surface area contributed by atoms with Crippen LogP contribution in [0.15, 0.2) is 30.5 Å². The number of carbonyl (C=O) groups excluding carboxylic acids is 1. The first-order chi connectivity index (χ1) is 14.3. The molecule has 1 unspecified atom stereocenters. The second kappa shape index (κ2) is 10.5. The summed E-state index contributed by atoms with van der Waals surface area (Å²) in [6.45, 7) is 5.99. The molecule has 0 saturated carbocycles. The Balaban J connectivity index is 1.96. The van der Waals surface area contributed by atoms with Crippen LogP contribution < -0.4 is 10.2 Å². The molecule has 3 rings (SSSR count). The number of aromatic nitrogens is 1. The number of nitrogens with one attached hydrogen (secondary N) is 1. The molecule has 1 aliphatic rings. The molecule has 1 aliphatic heterocycles. The summed E-state index contributed by atoms with van der Waals surface area (Å²) < 4.78 is -0.666. The fraction of sp³-hybridized carbons (Fsp3) is 0.455. The van der Waals surface area contributed by atoms with Crippen molar-refractivity contribution < 1.29 is 9.90 Å².